The lowest BCUT2D eigenvalue weighted by atomic mass is 9.96. The third-order valence-corrected chi connectivity index (χ3v) is 26.0. The third-order valence-electron chi connectivity index (χ3n) is 18.8. The van der Waals surface area contributed by atoms with Gasteiger partial charge in [0.1, 0.15) is 11.6 Å². The van der Waals surface area contributed by atoms with Gasteiger partial charge in [0.05, 0.1) is 28.0 Å². The fourth-order valence-electron chi connectivity index (χ4n) is 13.0. The molecule has 7 fully saturated rings. The molecule has 6 aliphatic heterocycles. The number of amides is 3. The van der Waals surface area contributed by atoms with Crippen molar-refractivity contribution in [3.8, 4) is 0 Å². The van der Waals surface area contributed by atoms with Gasteiger partial charge in [0, 0.05) is 153 Å². The van der Waals surface area contributed by atoms with E-state index in [1.54, 1.807) is 41.6 Å². The number of aryl methyl sites for hydroxylation is 1. The highest BCUT2D eigenvalue weighted by Crippen LogP contribution is 2.41. The predicted molar refractivity (Wildman–Crippen MR) is 363 cm³/mol. The SMILES string of the molecule is C=S1(=O)CCC(C(=O)N2CCN(c3ncc(C(F)(F)F)cn3)CC2c2ccc(Cl)s2)CC1.C=S1(=O)CCC(C(=O)N2CCN(c3ncc(C)cn3)CC2c2cccc(F)c2)CC1.C=S1(=O)CCC(C(=O)N2CCN(c3ncc(C4CC4)cn3)CC2c2ccc(F)cc2)CC1. The van der Waals surface area contributed by atoms with Crippen LogP contribution < -0.4 is 14.7 Å². The Bertz CT molecular complexity index is 3980. The molecule has 2 aromatic carbocycles. The molecule has 504 valence electrons. The monoisotopic (exact) mass is 1390 g/mol. The summed E-state index contributed by atoms with van der Waals surface area (Å²) >= 11 is 7.50. The lowest BCUT2D eigenvalue weighted by molar-refractivity contribution is -0.139. The summed E-state index contributed by atoms with van der Waals surface area (Å²) in [6, 6.07) is 15.6. The van der Waals surface area contributed by atoms with E-state index in [-0.39, 0.29) is 71.2 Å². The summed E-state index contributed by atoms with van der Waals surface area (Å²) in [6.07, 6.45) is 10.4. The quantitative estimate of drug-likeness (QED) is 0.0928. The normalized spacial score (nSPS) is 27.5. The van der Waals surface area contributed by atoms with Crippen LogP contribution in [0.3, 0.4) is 0 Å². The Morgan fingerprint density at radius 3 is 1.31 bits per heavy atom. The predicted octanol–water partition coefficient (Wildman–Crippen LogP) is 9.18. The first kappa shape index (κ1) is 68.6. The van der Waals surface area contributed by atoms with Crippen molar-refractivity contribution in [2.24, 2.45) is 17.8 Å². The minimum Gasteiger partial charge on any atom is -0.337 e. The highest BCUT2D eigenvalue weighted by atomic mass is 35.5. The van der Waals surface area contributed by atoms with E-state index in [0.29, 0.717) is 154 Å². The zero-order chi connectivity index (χ0) is 66.7. The van der Waals surface area contributed by atoms with Crippen LogP contribution in [-0.4, -0.2) is 186 Å². The average Bonchev–Trinajstić information content (AvgIpc) is 1.15. The van der Waals surface area contributed by atoms with Crippen molar-refractivity contribution in [2.45, 2.75) is 88.5 Å². The number of rotatable bonds is 10. The molecular formula is C66H78ClF5N12O6S4. The number of benzene rings is 2. The maximum atomic E-state index is 14.0. The summed E-state index contributed by atoms with van der Waals surface area (Å²) in [7, 11) is -6.17. The highest BCUT2D eigenvalue weighted by molar-refractivity contribution is 8.00. The summed E-state index contributed by atoms with van der Waals surface area (Å²) in [4.78, 5) is 78.5. The van der Waals surface area contributed by atoms with Crippen LogP contribution in [0.4, 0.5) is 39.8 Å². The van der Waals surface area contributed by atoms with Crippen molar-refractivity contribution in [3.63, 3.8) is 0 Å². The fraction of sp³-hybridized carbons (Fsp3) is 0.485. The van der Waals surface area contributed by atoms with Gasteiger partial charge < -0.3 is 29.4 Å². The molecule has 10 heterocycles. The second-order valence-corrected chi connectivity index (χ2v) is 35.6. The molecule has 0 spiro atoms. The van der Waals surface area contributed by atoms with Crippen LogP contribution in [0.2, 0.25) is 4.34 Å². The van der Waals surface area contributed by atoms with Crippen LogP contribution in [0, 0.1) is 36.3 Å². The first-order valence-electron chi connectivity index (χ1n) is 31.7. The molecule has 1 aliphatic carbocycles. The molecule has 0 radical (unpaired) electrons. The Balaban J connectivity index is 0.000000144. The molecule has 13 rings (SSSR count). The molecule has 6 aromatic rings. The molecular weight excluding hydrogens is 1320 g/mol. The van der Waals surface area contributed by atoms with Crippen LogP contribution in [0.15, 0.2) is 97.8 Å². The van der Waals surface area contributed by atoms with Crippen molar-refractivity contribution < 1.29 is 49.0 Å². The molecule has 0 N–H and O–H groups in total. The lowest BCUT2D eigenvalue weighted by Gasteiger charge is -2.43. The largest absolute Gasteiger partial charge is 0.419 e. The number of carbonyl (C=O) groups excluding carboxylic acids is 3. The first-order chi connectivity index (χ1) is 44.7. The molecule has 28 heteroatoms. The van der Waals surface area contributed by atoms with Gasteiger partial charge in [-0.1, -0.05) is 35.9 Å². The fourth-order valence-corrected chi connectivity index (χ4v) is 19.1. The van der Waals surface area contributed by atoms with Crippen molar-refractivity contribution in [3.05, 3.63) is 147 Å². The Morgan fingerprint density at radius 1 is 0.500 bits per heavy atom. The number of nitrogens with zero attached hydrogens (tertiary/aromatic N) is 12. The zero-order valence-corrected chi connectivity index (χ0v) is 56.4. The highest BCUT2D eigenvalue weighted by Gasteiger charge is 2.42. The molecule has 4 aromatic heterocycles. The molecule has 7 aliphatic rings. The number of thiophene rings is 1. The topological polar surface area (TPSA) is 199 Å². The molecule has 94 heavy (non-hydrogen) atoms. The van der Waals surface area contributed by atoms with Gasteiger partial charge in [-0.25, -0.2) is 38.7 Å². The summed E-state index contributed by atoms with van der Waals surface area (Å²) in [5.74, 6) is 15.4. The maximum Gasteiger partial charge on any atom is 0.419 e. The number of aromatic nitrogens is 6. The van der Waals surface area contributed by atoms with Crippen molar-refractivity contribution >= 4 is 105 Å². The van der Waals surface area contributed by atoms with Crippen molar-refractivity contribution in [1.82, 2.24) is 44.6 Å². The van der Waals surface area contributed by atoms with Gasteiger partial charge >= 0.3 is 6.18 Å². The smallest absolute Gasteiger partial charge is 0.337 e. The van der Waals surface area contributed by atoms with Crippen LogP contribution in [-0.2, 0) is 49.1 Å². The van der Waals surface area contributed by atoms with Gasteiger partial charge in [-0.15, -0.1) is 11.3 Å². The standard InChI is InChI=1S/C24H29FN4O2S.C22H27FN4O2S.C20H22ClF3N4O2S2/c1-32(31)12-8-19(9-13-32)23(30)29-11-10-28(16-22(29)18-4-6-21(25)7-5-18)24-26-14-20(15-27-24)17-2-3-17;1-16-13-24-22(25-14-16)26-8-9-27(20(15-26)18-4-3-5-19(23)12-18)21(28)17-6-10-30(2,29)11-7-17;1-32(30)8-4-13(5-9-32)18(29)28-7-6-27(12-15(28)16-2-3-17(21)31-16)19-25-10-14(11-26-19)20(22,23)24/h4-7,14-15,17,19,22H,1-3,8-13,16H2;3-5,12-14,17,20H,2,6-11,15H2,1H3;2-3,10-11,13,15H,1,4-9,12H2. The van der Waals surface area contributed by atoms with E-state index in [1.165, 1.54) is 54.0 Å². The molecule has 3 atom stereocenters. The Hall–Kier alpha value is -6.81. The van der Waals surface area contributed by atoms with E-state index < -0.39 is 40.3 Å². The van der Waals surface area contributed by atoms with Crippen LogP contribution in [0.1, 0.15) is 108 Å². The van der Waals surface area contributed by atoms with E-state index in [2.05, 4.69) is 52.4 Å². The second-order valence-electron chi connectivity index (χ2n) is 25.6. The van der Waals surface area contributed by atoms with E-state index in [4.69, 9.17) is 11.6 Å². The summed E-state index contributed by atoms with van der Waals surface area (Å²) in [6.45, 7) is 6.40. The number of halogens is 6. The van der Waals surface area contributed by atoms with Crippen LogP contribution in [0.25, 0.3) is 0 Å². The minimum absolute atomic E-state index is 0.00223. The second kappa shape index (κ2) is 28.9. The molecule has 3 unspecified atom stereocenters. The van der Waals surface area contributed by atoms with Gasteiger partial charge in [-0.05, 0) is 169 Å². The van der Waals surface area contributed by atoms with Gasteiger partial charge in [0.25, 0.3) is 0 Å². The van der Waals surface area contributed by atoms with E-state index >= 15 is 0 Å². The summed E-state index contributed by atoms with van der Waals surface area (Å²) < 4.78 is 103. The molecule has 0 bridgehead atoms. The number of hydrogen-bond acceptors (Lipinski definition) is 16. The van der Waals surface area contributed by atoms with Crippen LogP contribution >= 0.6 is 22.9 Å². The van der Waals surface area contributed by atoms with E-state index in [0.717, 1.165) is 34.0 Å². The Labute approximate surface area is 555 Å². The van der Waals surface area contributed by atoms with Gasteiger partial charge in [0.15, 0.2) is 0 Å². The van der Waals surface area contributed by atoms with Gasteiger partial charge in [-0.3, -0.25) is 27.0 Å². The summed E-state index contributed by atoms with van der Waals surface area (Å²) in [5, 5.41) is 0. The van der Waals surface area contributed by atoms with Crippen molar-refractivity contribution in [1.29, 1.82) is 0 Å². The molecule has 18 nitrogen and oxygen atoms in total. The number of piperazine rings is 3. The minimum atomic E-state index is -4.50. The van der Waals surface area contributed by atoms with Crippen molar-refractivity contribution in [2.75, 3.05) is 108 Å². The third kappa shape index (κ3) is 17.0. The lowest BCUT2D eigenvalue weighted by Crippen LogP contribution is -2.53. The number of carbonyl (C=O) groups is 3. The van der Waals surface area contributed by atoms with Gasteiger partial charge in [-0.2, -0.15) is 13.2 Å². The van der Waals surface area contributed by atoms with Crippen LogP contribution in [0.5, 0.6) is 0 Å². The van der Waals surface area contributed by atoms with E-state index in [1.807, 2.05) is 51.0 Å². The first-order valence-corrected chi connectivity index (χ1v) is 39.0. The molecule has 1 saturated carbocycles. The molecule has 6 saturated heterocycles. The number of hydrogen-bond donors (Lipinski definition) is 0. The average molecular weight is 1390 g/mol. The Kier molecular flexibility index (Phi) is 21.1. The van der Waals surface area contributed by atoms with Gasteiger partial charge in [0.2, 0.25) is 35.6 Å². The molecule has 3 amide bonds. The number of anilines is 3. The zero-order valence-electron chi connectivity index (χ0n) is 52.4. The maximum absolute atomic E-state index is 14.0. The summed E-state index contributed by atoms with van der Waals surface area (Å²) in [5.41, 5.74) is 2.93. The Morgan fingerprint density at radius 2 is 0.904 bits per heavy atom. The van der Waals surface area contributed by atoms with E-state index in [9.17, 15) is 49.0 Å². The number of alkyl halides is 3.